The van der Waals surface area contributed by atoms with Gasteiger partial charge in [-0.15, -0.1) is 0 Å². The predicted molar refractivity (Wildman–Crippen MR) is 75.4 cm³/mol. The van der Waals surface area contributed by atoms with Gasteiger partial charge in [0.25, 0.3) is 0 Å². The number of aryl methyl sites for hydroxylation is 1. The van der Waals surface area contributed by atoms with Crippen molar-refractivity contribution in [3.05, 3.63) is 11.7 Å². The summed E-state index contributed by atoms with van der Waals surface area (Å²) in [7, 11) is 0. The summed E-state index contributed by atoms with van der Waals surface area (Å²) in [5, 5.41) is 7.23. The number of nitrogens with zero attached hydrogens (tertiary/aromatic N) is 3. The van der Waals surface area contributed by atoms with Gasteiger partial charge in [-0.3, -0.25) is 4.79 Å². The van der Waals surface area contributed by atoms with Crippen LogP contribution in [0.15, 0.2) is 4.52 Å². The molecule has 1 saturated heterocycles. The molecule has 0 spiro atoms. The molecule has 0 atom stereocenters. The van der Waals surface area contributed by atoms with Crippen molar-refractivity contribution in [2.75, 3.05) is 26.2 Å². The maximum Gasteiger partial charge on any atom is 0.226 e. The van der Waals surface area contributed by atoms with E-state index in [0.29, 0.717) is 18.7 Å². The SMILES string of the molecule is CC(C)(C)c1noc(CCCC(=O)N2CCNCC2)n1. The van der Waals surface area contributed by atoms with Gasteiger partial charge in [0.05, 0.1) is 0 Å². The Morgan fingerprint density at radius 3 is 2.65 bits per heavy atom. The molecule has 1 fully saturated rings. The Hall–Kier alpha value is -1.43. The largest absolute Gasteiger partial charge is 0.340 e. The first-order valence-electron chi connectivity index (χ1n) is 7.28. The van der Waals surface area contributed by atoms with E-state index in [1.165, 1.54) is 0 Å². The molecule has 20 heavy (non-hydrogen) atoms. The molecule has 0 aromatic carbocycles. The van der Waals surface area contributed by atoms with Gasteiger partial charge in [0.2, 0.25) is 11.8 Å². The Kier molecular flexibility index (Phi) is 4.75. The van der Waals surface area contributed by atoms with Crippen molar-refractivity contribution in [2.24, 2.45) is 0 Å². The van der Waals surface area contributed by atoms with Crippen LogP contribution in [0.2, 0.25) is 0 Å². The molecule has 0 aliphatic carbocycles. The second-order valence-electron chi connectivity index (χ2n) is 6.25. The van der Waals surface area contributed by atoms with E-state index in [1.54, 1.807) is 0 Å². The standard InChI is InChI=1S/C14H24N4O2/c1-14(2,3)13-16-11(20-17-13)5-4-6-12(19)18-9-7-15-8-10-18/h15H,4-10H2,1-3H3. The highest BCUT2D eigenvalue weighted by Gasteiger charge is 2.21. The van der Waals surface area contributed by atoms with Crippen LogP contribution in [0, 0.1) is 0 Å². The van der Waals surface area contributed by atoms with Crippen molar-refractivity contribution in [3.63, 3.8) is 0 Å². The molecular formula is C14H24N4O2. The Morgan fingerprint density at radius 2 is 2.05 bits per heavy atom. The smallest absolute Gasteiger partial charge is 0.226 e. The molecule has 6 nitrogen and oxygen atoms in total. The average Bonchev–Trinajstić information content (AvgIpc) is 2.88. The van der Waals surface area contributed by atoms with Crippen molar-refractivity contribution >= 4 is 5.91 Å². The summed E-state index contributed by atoms with van der Waals surface area (Å²) in [4.78, 5) is 18.3. The highest BCUT2D eigenvalue weighted by atomic mass is 16.5. The lowest BCUT2D eigenvalue weighted by Crippen LogP contribution is -2.46. The second-order valence-corrected chi connectivity index (χ2v) is 6.25. The topological polar surface area (TPSA) is 71.3 Å². The highest BCUT2D eigenvalue weighted by Crippen LogP contribution is 2.19. The first-order chi connectivity index (χ1) is 9.47. The van der Waals surface area contributed by atoms with E-state index in [2.05, 4.69) is 36.2 Å². The molecule has 112 valence electrons. The van der Waals surface area contributed by atoms with E-state index in [9.17, 15) is 4.79 Å². The third-order valence-corrected chi connectivity index (χ3v) is 3.39. The number of amides is 1. The highest BCUT2D eigenvalue weighted by molar-refractivity contribution is 5.76. The van der Waals surface area contributed by atoms with Crippen LogP contribution in [-0.4, -0.2) is 47.1 Å². The van der Waals surface area contributed by atoms with E-state index < -0.39 is 0 Å². The van der Waals surface area contributed by atoms with Crippen LogP contribution in [0.1, 0.15) is 45.3 Å². The molecule has 1 aliphatic heterocycles. The molecule has 0 saturated carbocycles. The molecule has 2 heterocycles. The number of hydrogen-bond donors (Lipinski definition) is 1. The number of piperazine rings is 1. The molecule has 1 aromatic heterocycles. The number of nitrogens with one attached hydrogen (secondary N) is 1. The zero-order valence-electron chi connectivity index (χ0n) is 12.6. The van der Waals surface area contributed by atoms with E-state index in [0.717, 1.165) is 38.4 Å². The number of carbonyl (C=O) groups excluding carboxylic acids is 1. The van der Waals surface area contributed by atoms with E-state index in [-0.39, 0.29) is 11.3 Å². The zero-order chi connectivity index (χ0) is 14.6. The minimum Gasteiger partial charge on any atom is -0.340 e. The summed E-state index contributed by atoms with van der Waals surface area (Å²) in [5.74, 6) is 1.58. The van der Waals surface area contributed by atoms with Gasteiger partial charge in [-0.25, -0.2) is 0 Å². The molecule has 1 N–H and O–H groups in total. The first-order valence-corrected chi connectivity index (χ1v) is 7.28. The van der Waals surface area contributed by atoms with Crippen molar-refractivity contribution < 1.29 is 9.32 Å². The quantitative estimate of drug-likeness (QED) is 0.895. The molecule has 6 heteroatoms. The van der Waals surface area contributed by atoms with Gasteiger partial charge >= 0.3 is 0 Å². The van der Waals surface area contributed by atoms with E-state index >= 15 is 0 Å². The molecule has 0 bridgehead atoms. The molecule has 1 aromatic rings. The lowest BCUT2D eigenvalue weighted by atomic mass is 9.96. The monoisotopic (exact) mass is 280 g/mol. The molecule has 0 unspecified atom stereocenters. The third-order valence-electron chi connectivity index (χ3n) is 3.39. The Balaban J connectivity index is 1.75. The summed E-state index contributed by atoms with van der Waals surface area (Å²) in [5.41, 5.74) is -0.0988. The first kappa shape index (κ1) is 15.0. The van der Waals surface area contributed by atoms with Crippen molar-refractivity contribution in [1.29, 1.82) is 0 Å². The average molecular weight is 280 g/mol. The summed E-state index contributed by atoms with van der Waals surface area (Å²) in [6, 6.07) is 0. The minimum atomic E-state index is -0.0988. The van der Waals surface area contributed by atoms with Crippen LogP contribution >= 0.6 is 0 Å². The normalized spacial score (nSPS) is 16.4. The number of aromatic nitrogens is 2. The van der Waals surface area contributed by atoms with Gasteiger partial charge in [-0.05, 0) is 6.42 Å². The molecule has 0 radical (unpaired) electrons. The molecule has 2 rings (SSSR count). The fourth-order valence-corrected chi connectivity index (χ4v) is 2.12. The van der Waals surface area contributed by atoms with Crippen molar-refractivity contribution in [3.8, 4) is 0 Å². The molecular weight excluding hydrogens is 256 g/mol. The van der Waals surface area contributed by atoms with E-state index in [4.69, 9.17) is 4.52 Å². The van der Waals surface area contributed by atoms with Crippen molar-refractivity contribution in [2.45, 2.75) is 45.4 Å². The number of rotatable bonds is 4. The fourth-order valence-electron chi connectivity index (χ4n) is 2.12. The summed E-state index contributed by atoms with van der Waals surface area (Å²) in [6.07, 6.45) is 1.97. The van der Waals surface area contributed by atoms with Gasteiger partial charge in [-0.2, -0.15) is 4.98 Å². The summed E-state index contributed by atoms with van der Waals surface area (Å²) in [6.45, 7) is 9.57. The summed E-state index contributed by atoms with van der Waals surface area (Å²) >= 11 is 0. The van der Waals surface area contributed by atoms with Gasteiger partial charge in [0.15, 0.2) is 5.82 Å². The number of carbonyl (C=O) groups is 1. The van der Waals surface area contributed by atoms with Gasteiger partial charge in [-0.1, -0.05) is 25.9 Å². The Labute approximate surface area is 119 Å². The molecule has 1 amide bonds. The Bertz CT molecular complexity index is 444. The van der Waals surface area contributed by atoms with Gasteiger partial charge in [0, 0.05) is 44.4 Å². The van der Waals surface area contributed by atoms with Crippen LogP contribution in [-0.2, 0) is 16.6 Å². The van der Waals surface area contributed by atoms with Crippen molar-refractivity contribution in [1.82, 2.24) is 20.4 Å². The lowest BCUT2D eigenvalue weighted by Gasteiger charge is -2.27. The van der Waals surface area contributed by atoms with Crippen LogP contribution in [0.3, 0.4) is 0 Å². The zero-order valence-corrected chi connectivity index (χ0v) is 12.6. The van der Waals surface area contributed by atoms with Crippen LogP contribution in [0.25, 0.3) is 0 Å². The van der Waals surface area contributed by atoms with Crippen LogP contribution in [0.5, 0.6) is 0 Å². The summed E-state index contributed by atoms with van der Waals surface area (Å²) < 4.78 is 5.22. The fraction of sp³-hybridized carbons (Fsp3) is 0.786. The second kappa shape index (κ2) is 6.35. The van der Waals surface area contributed by atoms with Gasteiger partial charge in [0.1, 0.15) is 0 Å². The predicted octanol–water partition coefficient (Wildman–Crippen LogP) is 1.12. The maximum atomic E-state index is 12.0. The maximum absolute atomic E-state index is 12.0. The number of hydrogen-bond acceptors (Lipinski definition) is 5. The van der Waals surface area contributed by atoms with Gasteiger partial charge < -0.3 is 14.7 Å². The van der Waals surface area contributed by atoms with Crippen LogP contribution in [0.4, 0.5) is 0 Å². The third kappa shape index (κ3) is 4.03. The minimum absolute atomic E-state index is 0.0988. The van der Waals surface area contributed by atoms with Crippen LogP contribution < -0.4 is 5.32 Å². The molecule has 1 aliphatic rings. The Morgan fingerprint density at radius 1 is 1.35 bits per heavy atom. The lowest BCUT2D eigenvalue weighted by molar-refractivity contribution is -0.131. The van der Waals surface area contributed by atoms with E-state index in [1.807, 2.05) is 4.90 Å².